The third-order valence-electron chi connectivity index (χ3n) is 9.20. The Balaban J connectivity index is 0.00000368. The van der Waals surface area contributed by atoms with E-state index in [9.17, 15) is 14.4 Å². The van der Waals surface area contributed by atoms with Gasteiger partial charge in [0.05, 0.1) is 49.3 Å². The second-order valence-electron chi connectivity index (χ2n) is 11.8. The topological polar surface area (TPSA) is 89.0 Å². The van der Waals surface area contributed by atoms with E-state index >= 15 is 0 Å². The molecule has 1 saturated carbocycles. The number of aromatic nitrogens is 1. The van der Waals surface area contributed by atoms with Gasteiger partial charge in [-0.1, -0.05) is 55.3 Å². The minimum atomic E-state index is -0.667. The van der Waals surface area contributed by atoms with Gasteiger partial charge in [0, 0.05) is 11.9 Å². The Bertz CT molecular complexity index is 1380. The van der Waals surface area contributed by atoms with Crippen molar-refractivity contribution in [2.24, 2.45) is 11.8 Å². The Morgan fingerprint density at radius 2 is 1.58 bits per heavy atom. The van der Waals surface area contributed by atoms with Crippen molar-refractivity contribution in [2.45, 2.75) is 45.1 Å². The summed E-state index contributed by atoms with van der Waals surface area (Å²) in [4.78, 5) is 42.2. The molecule has 1 aliphatic carbocycles. The molecule has 3 fully saturated rings. The van der Waals surface area contributed by atoms with Crippen LogP contribution in [-0.4, -0.2) is 77.7 Å². The maximum Gasteiger partial charge on any atom is 0.512 e. The summed E-state index contributed by atoms with van der Waals surface area (Å²) < 4.78 is 17.6. The highest BCUT2D eigenvalue weighted by atomic mass is 32.1. The molecular formula is C33H42N4O5S. The van der Waals surface area contributed by atoms with Crippen molar-refractivity contribution in [3.05, 3.63) is 67.6 Å². The normalized spacial score (nSPS) is 21.4. The van der Waals surface area contributed by atoms with Gasteiger partial charge in [0.25, 0.3) is 0 Å². The number of rotatable bonds is 10. The Kier molecular flexibility index (Phi) is 9.97. The lowest BCUT2D eigenvalue weighted by molar-refractivity contribution is -0.944. The van der Waals surface area contributed by atoms with Crippen molar-refractivity contribution in [1.29, 1.82) is 0 Å². The highest BCUT2D eigenvalue weighted by molar-refractivity contribution is 7.13. The molecule has 2 amide bonds. The van der Waals surface area contributed by atoms with Gasteiger partial charge in [-0.05, 0) is 54.9 Å². The van der Waals surface area contributed by atoms with E-state index in [1.165, 1.54) is 26.5 Å². The number of quaternary nitrogens is 1. The Morgan fingerprint density at radius 3 is 2.30 bits per heavy atom. The zero-order valence-electron chi connectivity index (χ0n) is 25.0. The summed E-state index contributed by atoms with van der Waals surface area (Å²) in [6.07, 6.45) is 4.66. The van der Waals surface area contributed by atoms with Gasteiger partial charge in [-0.2, -0.15) is 4.37 Å². The van der Waals surface area contributed by atoms with Crippen molar-refractivity contribution in [3.63, 3.8) is 0 Å². The van der Waals surface area contributed by atoms with E-state index < -0.39 is 6.16 Å². The molecule has 2 atom stereocenters. The van der Waals surface area contributed by atoms with Crippen molar-refractivity contribution >= 4 is 45.4 Å². The van der Waals surface area contributed by atoms with E-state index in [1.54, 1.807) is 0 Å². The van der Waals surface area contributed by atoms with Crippen molar-refractivity contribution in [2.75, 3.05) is 50.9 Å². The van der Waals surface area contributed by atoms with Crippen LogP contribution >= 0.6 is 11.5 Å². The minimum absolute atomic E-state index is 0. The lowest BCUT2D eigenvalue weighted by Gasteiger charge is -2.44. The number of likely N-dealkylation sites (tertiary alicyclic amines) is 1. The minimum Gasteiger partial charge on any atom is -0.429 e. The summed E-state index contributed by atoms with van der Waals surface area (Å²) in [5, 5.41) is 1.17. The summed E-state index contributed by atoms with van der Waals surface area (Å²) in [6, 6.07) is 17.9. The molecule has 0 bridgehead atoms. The predicted octanol–water partition coefficient (Wildman–Crippen LogP) is 5.65. The van der Waals surface area contributed by atoms with Crippen molar-refractivity contribution in [1.82, 2.24) is 9.27 Å². The molecule has 43 heavy (non-hydrogen) atoms. The summed E-state index contributed by atoms with van der Waals surface area (Å²) in [5.41, 5.74) is 0.910. The summed E-state index contributed by atoms with van der Waals surface area (Å²) in [7, 11) is 0. The second-order valence-corrected chi connectivity index (χ2v) is 12.6. The predicted molar refractivity (Wildman–Crippen MR) is 167 cm³/mol. The number of anilines is 1. The van der Waals surface area contributed by atoms with Gasteiger partial charge in [-0.3, -0.25) is 19.0 Å². The van der Waals surface area contributed by atoms with Crippen LogP contribution in [0.4, 0.5) is 10.6 Å². The molecule has 1 aromatic heterocycles. The molecule has 0 spiro atoms. The standard InChI is InChI=1S/C32H39N4O5S.CH3/c37-30-25-12-4-5-13-26(25)31(38)35(30)16-8-9-19-36(23-41-32(39)40-22-24-10-2-1-3-11-24)20-17-34(18-21-36)29-27-14-6-7-15-28(27)42-33-29;/h1-3,6-7,10-11,14-15,25-26H,4-5,8-9,12-13,16-23H2;1H3/q+1;-1. The molecule has 10 heteroatoms. The van der Waals surface area contributed by atoms with Crippen LogP contribution in [0.25, 0.3) is 10.1 Å². The number of carbonyl (C=O) groups is 3. The number of carbonyl (C=O) groups excluding carboxylic acids is 3. The first-order chi connectivity index (χ1) is 20.5. The fourth-order valence-corrected chi connectivity index (χ4v) is 7.53. The molecule has 2 unspecified atom stereocenters. The van der Waals surface area contributed by atoms with Crippen LogP contribution in [-0.2, 0) is 25.7 Å². The number of nitrogens with zero attached hydrogens (tertiary/aromatic N) is 4. The lowest BCUT2D eigenvalue weighted by atomic mass is 9.81. The third kappa shape index (κ3) is 6.86. The Hall–Kier alpha value is -3.50. The van der Waals surface area contributed by atoms with Crippen LogP contribution in [0.2, 0.25) is 0 Å². The molecule has 9 nitrogen and oxygen atoms in total. The zero-order chi connectivity index (χ0) is 28.9. The molecule has 3 aromatic rings. The fraction of sp³-hybridized carbons (Fsp3) is 0.485. The molecule has 0 radical (unpaired) electrons. The first-order valence-corrected chi connectivity index (χ1v) is 15.9. The van der Waals surface area contributed by atoms with Crippen LogP contribution in [0.5, 0.6) is 0 Å². The molecule has 2 aromatic carbocycles. The molecular weight excluding hydrogens is 564 g/mol. The SMILES string of the molecule is O=C(OCc1ccccc1)OC[N+]1(CCCCN2C(=O)C3CCCCC3C2=O)CCN(c2nsc3ccccc23)CC1.[CH3-]. The highest BCUT2D eigenvalue weighted by Crippen LogP contribution is 2.38. The number of amides is 2. The zero-order valence-corrected chi connectivity index (χ0v) is 25.8. The molecule has 2 saturated heterocycles. The molecule has 3 heterocycles. The van der Waals surface area contributed by atoms with Crippen LogP contribution < -0.4 is 4.90 Å². The maximum atomic E-state index is 12.9. The van der Waals surface area contributed by atoms with Crippen LogP contribution in [0.3, 0.4) is 0 Å². The number of ether oxygens (including phenoxy) is 2. The molecule has 6 rings (SSSR count). The Labute approximate surface area is 258 Å². The van der Waals surface area contributed by atoms with Crippen molar-refractivity contribution < 1.29 is 28.3 Å². The highest BCUT2D eigenvalue weighted by Gasteiger charge is 2.47. The van der Waals surface area contributed by atoms with Gasteiger partial charge >= 0.3 is 6.16 Å². The van der Waals surface area contributed by atoms with Gasteiger partial charge < -0.3 is 21.8 Å². The second kappa shape index (κ2) is 13.9. The number of hydrogen-bond donors (Lipinski definition) is 0. The van der Waals surface area contributed by atoms with E-state index in [1.807, 2.05) is 42.5 Å². The molecule has 230 valence electrons. The van der Waals surface area contributed by atoms with Crippen molar-refractivity contribution in [3.8, 4) is 0 Å². The van der Waals surface area contributed by atoms with E-state index in [-0.39, 0.29) is 44.4 Å². The smallest absolute Gasteiger partial charge is 0.429 e. The first kappa shape index (κ1) is 30.9. The van der Waals surface area contributed by atoms with Crippen LogP contribution in [0.15, 0.2) is 54.6 Å². The largest absolute Gasteiger partial charge is 0.512 e. The lowest BCUT2D eigenvalue weighted by Crippen LogP contribution is -2.61. The average Bonchev–Trinajstić information content (AvgIpc) is 3.57. The fourth-order valence-electron chi connectivity index (χ4n) is 6.74. The monoisotopic (exact) mass is 606 g/mol. The number of hydrogen-bond acceptors (Lipinski definition) is 8. The van der Waals surface area contributed by atoms with Gasteiger partial charge in [0.15, 0.2) is 5.82 Å². The molecule has 2 aliphatic heterocycles. The molecule has 0 N–H and O–H groups in total. The average molecular weight is 607 g/mol. The Morgan fingerprint density at radius 1 is 0.907 bits per heavy atom. The van der Waals surface area contributed by atoms with Gasteiger partial charge in [-0.15, -0.1) is 0 Å². The number of fused-ring (bicyclic) bond motifs is 2. The quantitative estimate of drug-likeness (QED) is 0.0969. The van der Waals surface area contributed by atoms with Gasteiger partial charge in [0.2, 0.25) is 18.5 Å². The number of unbranched alkanes of at least 4 members (excludes halogenated alkanes) is 1. The van der Waals surface area contributed by atoms with E-state index in [0.717, 1.165) is 82.6 Å². The third-order valence-corrected chi connectivity index (χ3v) is 10.0. The van der Waals surface area contributed by atoms with Gasteiger partial charge in [0.1, 0.15) is 6.61 Å². The number of benzene rings is 2. The molecule has 3 aliphatic rings. The van der Waals surface area contributed by atoms with E-state index in [2.05, 4.69) is 17.0 Å². The summed E-state index contributed by atoms with van der Waals surface area (Å²) in [5.74, 6) is 0.873. The maximum absolute atomic E-state index is 12.9. The van der Waals surface area contributed by atoms with Crippen LogP contribution in [0.1, 0.15) is 44.1 Å². The first-order valence-electron chi connectivity index (χ1n) is 15.2. The van der Waals surface area contributed by atoms with Crippen LogP contribution in [0, 0.1) is 19.3 Å². The number of piperazine rings is 1. The summed E-state index contributed by atoms with van der Waals surface area (Å²) >= 11 is 1.52. The summed E-state index contributed by atoms with van der Waals surface area (Å²) in [6.45, 7) is 4.84. The number of imide groups is 1. The van der Waals surface area contributed by atoms with E-state index in [0.29, 0.717) is 11.0 Å². The van der Waals surface area contributed by atoms with Gasteiger partial charge in [-0.25, -0.2) is 4.79 Å². The van der Waals surface area contributed by atoms with E-state index in [4.69, 9.17) is 13.8 Å².